The van der Waals surface area contributed by atoms with Crippen molar-refractivity contribution in [1.82, 2.24) is 10.0 Å². The first-order chi connectivity index (χ1) is 13.4. The van der Waals surface area contributed by atoms with Gasteiger partial charge in [0.15, 0.2) is 0 Å². The summed E-state index contributed by atoms with van der Waals surface area (Å²) in [4.78, 5) is 12.3. The van der Waals surface area contributed by atoms with Crippen LogP contribution in [0.4, 0.5) is 4.39 Å². The van der Waals surface area contributed by atoms with Crippen LogP contribution in [0.3, 0.4) is 0 Å². The third-order valence-corrected chi connectivity index (χ3v) is 6.00. The molecule has 0 saturated carbocycles. The molecule has 3 rings (SSSR count). The number of carbonyl (C=O) groups is 1. The zero-order valence-corrected chi connectivity index (χ0v) is 16.2. The third-order valence-electron chi connectivity index (χ3n) is 4.56. The van der Waals surface area contributed by atoms with E-state index in [9.17, 15) is 17.6 Å². The highest BCUT2D eigenvalue weighted by Gasteiger charge is 2.20. The highest BCUT2D eigenvalue weighted by Crippen LogP contribution is 2.14. The van der Waals surface area contributed by atoms with Gasteiger partial charge in [0.25, 0.3) is 5.91 Å². The van der Waals surface area contributed by atoms with Crippen LogP contribution in [-0.2, 0) is 21.2 Å². The summed E-state index contributed by atoms with van der Waals surface area (Å²) in [5.41, 5.74) is 1.29. The van der Waals surface area contributed by atoms with Crippen molar-refractivity contribution in [2.75, 3.05) is 19.7 Å². The van der Waals surface area contributed by atoms with Gasteiger partial charge in [0.1, 0.15) is 5.82 Å². The molecule has 0 bridgehead atoms. The van der Waals surface area contributed by atoms with Crippen molar-refractivity contribution in [2.45, 2.75) is 30.3 Å². The number of carbonyl (C=O) groups excluding carboxylic acids is 1. The molecule has 1 aliphatic rings. The zero-order chi connectivity index (χ0) is 20.0. The molecule has 2 N–H and O–H groups in total. The molecule has 8 heteroatoms. The Balaban J connectivity index is 1.50. The largest absolute Gasteiger partial charge is 0.377 e. The normalized spacial score (nSPS) is 16.8. The van der Waals surface area contributed by atoms with E-state index in [1.807, 2.05) is 0 Å². The van der Waals surface area contributed by atoms with Crippen LogP contribution in [0, 0.1) is 5.82 Å². The maximum absolute atomic E-state index is 12.9. The monoisotopic (exact) mass is 406 g/mol. The second-order valence-corrected chi connectivity index (χ2v) is 8.41. The molecule has 2 aromatic carbocycles. The molecule has 1 saturated heterocycles. The predicted octanol–water partition coefficient (Wildman–Crippen LogP) is 2.26. The molecule has 0 radical (unpaired) electrons. The molecule has 2 aromatic rings. The highest BCUT2D eigenvalue weighted by molar-refractivity contribution is 7.89. The van der Waals surface area contributed by atoms with Crippen molar-refractivity contribution in [3.63, 3.8) is 0 Å². The van der Waals surface area contributed by atoms with Crippen molar-refractivity contribution in [2.24, 2.45) is 0 Å². The first-order valence-corrected chi connectivity index (χ1v) is 10.7. The van der Waals surface area contributed by atoms with Crippen LogP contribution in [0.25, 0.3) is 0 Å². The lowest BCUT2D eigenvalue weighted by atomic mass is 10.1. The summed E-state index contributed by atoms with van der Waals surface area (Å²) in [5.74, 6) is -0.591. The number of sulfonamides is 1. The number of ether oxygens (including phenoxy) is 1. The molecule has 1 atom stereocenters. The Labute approximate surface area is 164 Å². The zero-order valence-electron chi connectivity index (χ0n) is 15.4. The molecule has 1 fully saturated rings. The molecular weight excluding hydrogens is 383 g/mol. The number of nitrogens with one attached hydrogen (secondary N) is 2. The molecule has 150 valence electrons. The average molecular weight is 406 g/mol. The number of rotatable bonds is 8. The van der Waals surface area contributed by atoms with Gasteiger partial charge in [-0.2, -0.15) is 0 Å². The number of amides is 1. The number of benzene rings is 2. The smallest absolute Gasteiger partial charge is 0.251 e. The van der Waals surface area contributed by atoms with Gasteiger partial charge in [0, 0.05) is 25.3 Å². The topological polar surface area (TPSA) is 84.5 Å². The summed E-state index contributed by atoms with van der Waals surface area (Å²) in [5, 5.41) is 2.77. The van der Waals surface area contributed by atoms with Gasteiger partial charge in [-0.15, -0.1) is 0 Å². The number of hydrogen-bond donors (Lipinski definition) is 2. The van der Waals surface area contributed by atoms with Crippen LogP contribution in [0.2, 0.25) is 0 Å². The molecule has 1 amide bonds. The fraction of sp³-hybridized carbons (Fsp3) is 0.350. The van der Waals surface area contributed by atoms with Crippen molar-refractivity contribution in [1.29, 1.82) is 0 Å². The Bertz CT molecular complexity index is 893. The quantitative estimate of drug-likeness (QED) is 0.704. The second-order valence-electron chi connectivity index (χ2n) is 6.64. The van der Waals surface area contributed by atoms with Gasteiger partial charge < -0.3 is 10.1 Å². The van der Waals surface area contributed by atoms with Crippen molar-refractivity contribution in [3.05, 3.63) is 65.5 Å². The van der Waals surface area contributed by atoms with E-state index in [2.05, 4.69) is 10.0 Å². The van der Waals surface area contributed by atoms with Gasteiger partial charge >= 0.3 is 0 Å². The van der Waals surface area contributed by atoms with E-state index in [-0.39, 0.29) is 29.3 Å². The summed E-state index contributed by atoms with van der Waals surface area (Å²) < 4.78 is 45.5. The van der Waals surface area contributed by atoms with E-state index in [4.69, 9.17) is 4.74 Å². The molecule has 28 heavy (non-hydrogen) atoms. The van der Waals surface area contributed by atoms with Crippen LogP contribution < -0.4 is 10.0 Å². The SMILES string of the molecule is O=C(NCCc1ccc(F)cc1)c1ccc(S(=O)(=O)NC[C@H]2CCCO2)cc1. The molecule has 1 aliphatic heterocycles. The number of hydrogen-bond acceptors (Lipinski definition) is 4. The first kappa shape index (κ1) is 20.4. The molecule has 1 heterocycles. The third kappa shape index (κ3) is 5.60. The highest BCUT2D eigenvalue weighted by atomic mass is 32.2. The summed E-state index contributed by atoms with van der Waals surface area (Å²) in [6, 6.07) is 11.9. The Morgan fingerprint density at radius 1 is 1.11 bits per heavy atom. The van der Waals surface area contributed by atoms with Crippen LogP contribution in [0.1, 0.15) is 28.8 Å². The fourth-order valence-corrected chi connectivity index (χ4v) is 4.02. The van der Waals surface area contributed by atoms with Gasteiger partial charge in [-0.3, -0.25) is 4.79 Å². The van der Waals surface area contributed by atoms with E-state index >= 15 is 0 Å². The van der Waals surface area contributed by atoms with Gasteiger partial charge in [-0.25, -0.2) is 17.5 Å². The van der Waals surface area contributed by atoms with Gasteiger partial charge in [0.2, 0.25) is 10.0 Å². The maximum Gasteiger partial charge on any atom is 0.251 e. The Hall–Kier alpha value is -2.29. The minimum Gasteiger partial charge on any atom is -0.377 e. The van der Waals surface area contributed by atoms with E-state index in [1.165, 1.54) is 36.4 Å². The lowest BCUT2D eigenvalue weighted by Crippen LogP contribution is -2.32. The van der Waals surface area contributed by atoms with Gasteiger partial charge in [-0.1, -0.05) is 12.1 Å². The predicted molar refractivity (Wildman–Crippen MR) is 103 cm³/mol. The molecule has 0 aliphatic carbocycles. The minimum absolute atomic E-state index is 0.0825. The lowest BCUT2D eigenvalue weighted by Gasteiger charge is -2.12. The van der Waals surface area contributed by atoms with Gasteiger partial charge in [0.05, 0.1) is 11.0 Å². The molecule has 0 unspecified atom stereocenters. The molecule has 6 nitrogen and oxygen atoms in total. The van der Waals surface area contributed by atoms with Crippen LogP contribution >= 0.6 is 0 Å². The van der Waals surface area contributed by atoms with E-state index in [0.717, 1.165) is 18.4 Å². The van der Waals surface area contributed by atoms with Gasteiger partial charge in [-0.05, 0) is 61.2 Å². The van der Waals surface area contributed by atoms with Crippen LogP contribution in [-0.4, -0.2) is 40.1 Å². The van der Waals surface area contributed by atoms with Crippen molar-refractivity contribution < 1.29 is 22.3 Å². The lowest BCUT2D eigenvalue weighted by molar-refractivity contribution is 0.0954. The van der Waals surface area contributed by atoms with E-state index in [0.29, 0.717) is 25.1 Å². The van der Waals surface area contributed by atoms with Crippen molar-refractivity contribution >= 4 is 15.9 Å². The van der Waals surface area contributed by atoms with E-state index < -0.39 is 10.0 Å². The van der Waals surface area contributed by atoms with E-state index in [1.54, 1.807) is 12.1 Å². The molecule has 0 aromatic heterocycles. The minimum atomic E-state index is -3.64. The van der Waals surface area contributed by atoms with Crippen molar-refractivity contribution in [3.8, 4) is 0 Å². The van der Waals surface area contributed by atoms with Crippen LogP contribution in [0.5, 0.6) is 0 Å². The fourth-order valence-electron chi connectivity index (χ4n) is 2.95. The second kappa shape index (κ2) is 9.27. The summed E-state index contributed by atoms with van der Waals surface area (Å²) in [6.07, 6.45) is 2.28. The Morgan fingerprint density at radius 3 is 2.46 bits per heavy atom. The summed E-state index contributed by atoms with van der Waals surface area (Å²) in [6.45, 7) is 1.30. The van der Waals surface area contributed by atoms with Crippen LogP contribution in [0.15, 0.2) is 53.4 Å². The maximum atomic E-state index is 12.9. The Kier molecular flexibility index (Phi) is 6.77. The Morgan fingerprint density at radius 2 is 1.82 bits per heavy atom. The molecular formula is C20H23FN2O4S. The average Bonchev–Trinajstić information content (AvgIpc) is 3.22. The summed E-state index contributed by atoms with van der Waals surface area (Å²) >= 11 is 0. The first-order valence-electron chi connectivity index (χ1n) is 9.18. The molecule has 0 spiro atoms. The number of halogens is 1. The summed E-state index contributed by atoms with van der Waals surface area (Å²) in [7, 11) is -3.64. The standard InChI is InChI=1S/C20H23FN2O4S/c21-17-7-3-15(4-8-17)11-12-22-20(24)16-5-9-19(10-6-16)28(25,26)23-14-18-2-1-13-27-18/h3-10,18,23H,1-2,11-14H2,(H,22,24)/t18-/m1/s1.